The number of epoxide rings is 1. The van der Waals surface area contributed by atoms with Gasteiger partial charge in [0.1, 0.15) is 0 Å². The molecule has 2 fully saturated rings. The van der Waals surface area contributed by atoms with Gasteiger partial charge in [-0.3, -0.25) is 0 Å². The van der Waals surface area contributed by atoms with E-state index in [4.69, 9.17) is 21.5 Å². The Hall–Kier alpha value is 0.668. The van der Waals surface area contributed by atoms with Crippen LogP contribution < -0.4 is 0 Å². The van der Waals surface area contributed by atoms with Crippen molar-refractivity contribution in [1.29, 1.82) is 0 Å². The Morgan fingerprint density at radius 3 is 1.96 bits per heavy atom. The van der Waals surface area contributed by atoms with E-state index in [1.165, 1.54) is 25.7 Å². The molecule has 2 rings (SSSR count). The zero-order valence-corrected chi connectivity index (χ0v) is 22.3. The van der Waals surface area contributed by atoms with Gasteiger partial charge in [-0.25, -0.2) is 0 Å². The van der Waals surface area contributed by atoms with E-state index in [9.17, 15) is 0 Å². The molecule has 2 aliphatic rings. The molecule has 5 nitrogen and oxygen atoms in total. The number of ether oxygens (including phenoxy) is 1. The van der Waals surface area contributed by atoms with E-state index in [-0.39, 0.29) is 0 Å². The SMILES string of the molecule is CO[Si](C)(C)O[Si](C)(CCC1CCC2OC2C1)O[Si](C)(C)O[Si](C)(C)C. The van der Waals surface area contributed by atoms with Gasteiger partial charge < -0.3 is 21.5 Å². The van der Waals surface area contributed by atoms with Gasteiger partial charge in [0.2, 0.25) is 0 Å². The van der Waals surface area contributed by atoms with Gasteiger partial charge in [-0.1, -0.05) is 0 Å². The summed E-state index contributed by atoms with van der Waals surface area (Å²) in [6.07, 6.45) is 6.00. The molecule has 0 bridgehead atoms. The van der Waals surface area contributed by atoms with Crippen LogP contribution in [0.4, 0.5) is 0 Å². The fourth-order valence-corrected chi connectivity index (χ4v) is 21.6. The van der Waals surface area contributed by atoms with Gasteiger partial charge in [0.15, 0.2) is 8.32 Å². The highest BCUT2D eigenvalue weighted by molar-refractivity contribution is 6.88. The van der Waals surface area contributed by atoms with Crippen LogP contribution in [0, 0.1) is 5.92 Å². The van der Waals surface area contributed by atoms with Gasteiger partial charge in [0.05, 0.1) is 12.2 Å². The van der Waals surface area contributed by atoms with Crippen molar-refractivity contribution in [3.8, 4) is 0 Å². The molecule has 0 aromatic heterocycles. The maximum atomic E-state index is 6.76. The molecule has 0 N–H and O–H groups in total. The second kappa shape index (κ2) is 8.19. The lowest BCUT2D eigenvalue weighted by Gasteiger charge is -2.41. The second-order valence-corrected chi connectivity index (χ2v) is 25.4. The smallest absolute Gasteiger partial charge is 0.322 e. The molecule has 1 saturated carbocycles. The van der Waals surface area contributed by atoms with Gasteiger partial charge >= 0.3 is 25.7 Å². The number of hydrogen-bond acceptors (Lipinski definition) is 5. The molecule has 0 radical (unpaired) electrons. The average molecular weight is 437 g/mol. The van der Waals surface area contributed by atoms with E-state index in [2.05, 4.69) is 52.4 Å². The van der Waals surface area contributed by atoms with Crippen LogP contribution in [0.3, 0.4) is 0 Å². The van der Waals surface area contributed by atoms with Gasteiger partial charge in [-0.2, -0.15) is 0 Å². The van der Waals surface area contributed by atoms with Crippen LogP contribution in [-0.4, -0.2) is 53.3 Å². The monoisotopic (exact) mass is 436 g/mol. The zero-order valence-electron chi connectivity index (χ0n) is 18.3. The Morgan fingerprint density at radius 2 is 1.42 bits per heavy atom. The van der Waals surface area contributed by atoms with Crippen LogP contribution in [0.15, 0.2) is 0 Å². The highest BCUT2D eigenvalue weighted by Crippen LogP contribution is 2.42. The maximum absolute atomic E-state index is 6.76. The molecule has 4 atom stereocenters. The van der Waals surface area contributed by atoms with E-state index >= 15 is 0 Å². The van der Waals surface area contributed by atoms with E-state index in [1.54, 1.807) is 7.11 Å². The third-order valence-electron chi connectivity index (χ3n) is 5.09. The number of fused-ring (bicyclic) bond motifs is 1. The Morgan fingerprint density at radius 1 is 0.808 bits per heavy atom. The first-order chi connectivity index (χ1) is 11.7. The van der Waals surface area contributed by atoms with Crippen LogP contribution in [0.25, 0.3) is 0 Å². The molecule has 0 amide bonds. The Bertz CT molecular complexity index is 482. The highest BCUT2D eigenvalue weighted by Gasteiger charge is 2.48. The Kier molecular flexibility index (Phi) is 7.23. The summed E-state index contributed by atoms with van der Waals surface area (Å²) in [5, 5.41) is 0. The fourth-order valence-electron chi connectivity index (χ4n) is 4.18. The summed E-state index contributed by atoms with van der Waals surface area (Å²) in [5.74, 6) is 0.743. The molecular weight excluding hydrogens is 397 g/mol. The molecule has 9 heteroatoms. The van der Waals surface area contributed by atoms with Gasteiger partial charge in [0.25, 0.3) is 0 Å². The molecular formula is C17H40O5Si4. The normalized spacial score (nSPS) is 29.2. The lowest BCUT2D eigenvalue weighted by Crippen LogP contribution is -2.57. The number of rotatable bonds is 10. The molecule has 26 heavy (non-hydrogen) atoms. The molecule has 1 saturated heterocycles. The van der Waals surface area contributed by atoms with Crippen LogP contribution in [0.5, 0.6) is 0 Å². The summed E-state index contributed by atoms with van der Waals surface area (Å²) >= 11 is 0. The summed E-state index contributed by atoms with van der Waals surface area (Å²) in [6, 6.07) is 1.01. The third-order valence-corrected chi connectivity index (χ3v) is 19.1. The first-order valence-electron chi connectivity index (χ1n) is 10.0. The average Bonchev–Trinajstić information content (AvgIpc) is 3.19. The molecule has 1 aliphatic carbocycles. The quantitative estimate of drug-likeness (QED) is 0.358. The molecule has 1 heterocycles. The minimum Gasteiger partial charge on any atom is -0.437 e. The van der Waals surface area contributed by atoms with Gasteiger partial charge in [0, 0.05) is 7.11 Å². The second-order valence-electron chi connectivity index (χ2n) is 9.99. The van der Waals surface area contributed by atoms with Gasteiger partial charge in [-0.15, -0.1) is 0 Å². The zero-order chi connectivity index (χ0) is 19.8. The van der Waals surface area contributed by atoms with Crippen molar-refractivity contribution in [2.75, 3.05) is 7.11 Å². The van der Waals surface area contributed by atoms with Crippen molar-refractivity contribution >= 4 is 34.0 Å². The van der Waals surface area contributed by atoms with E-state index < -0.39 is 34.0 Å². The molecule has 4 unspecified atom stereocenters. The van der Waals surface area contributed by atoms with Gasteiger partial charge in [-0.05, 0) is 90.0 Å². The Balaban J connectivity index is 2.02. The van der Waals surface area contributed by atoms with Crippen molar-refractivity contribution in [3.05, 3.63) is 0 Å². The predicted molar refractivity (Wildman–Crippen MR) is 116 cm³/mol. The van der Waals surface area contributed by atoms with Crippen molar-refractivity contribution in [1.82, 2.24) is 0 Å². The van der Waals surface area contributed by atoms with E-state index in [0.29, 0.717) is 12.2 Å². The van der Waals surface area contributed by atoms with E-state index in [0.717, 1.165) is 12.0 Å². The van der Waals surface area contributed by atoms with Crippen molar-refractivity contribution in [2.45, 2.75) is 96.3 Å². The van der Waals surface area contributed by atoms with Crippen molar-refractivity contribution in [2.24, 2.45) is 5.92 Å². The topological polar surface area (TPSA) is 49.5 Å². The van der Waals surface area contributed by atoms with Crippen LogP contribution in [0.1, 0.15) is 25.7 Å². The standard InChI is InChI=1S/C17H40O5Si4/c1-18-24(5,6)21-26(9,22-25(7,8)20-23(2,3)4)13-12-15-10-11-16-17(14-15)19-16/h15-17H,10-14H2,1-9H3. The van der Waals surface area contributed by atoms with Crippen LogP contribution in [-0.2, 0) is 21.5 Å². The largest absolute Gasteiger partial charge is 0.437 e. The summed E-state index contributed by atoms with van der Waals surface area (Å²) in [5.41, 5.74) is 0. The van der Waals surface area contributed by atoms with Crippen LogP contribution in [0.2, 0.25) is 58.4 Å². The van der Waals surface area contributed by atoms with Crippen molar-refractivity contribution in [3.63, 3.8) is 0 Å². The first-order valence-corrected chi connectivity index (χ1v) is 21.6. The molecule has 154 valence electrons. The Labute approximate surface area is 165 Å². The molecule has 0 spiro atoms. The first kappa shape index (κ1) is 23.0. The summed E-state index contributed by atoms with van der Waals surface area (Å²) in [4.78, 5) is 0. The number of hydrogen-bond donors (Lipinski definition) is 0. The predicted octanol–water partition coefficient (Wildman–Crippen LogP) is 4.95. The van der Waals surface area contributed by atoms with E-state index in [1.807, 2.05) is 0 Å². The molecule has 0 aromatic carbocycles. The maximum Gasteiger partial charge on any atom is 0.322 e. The lowest BCUT2D eigenvalue weighted by atomic mass is 9.88. The summed E-state index contributed by atoms with van der Waals surface area (Å²) in [6.45, 7) is 17.5. The van der Waals surface area contributed by atoms with Crippen LogP contribution >= 0.6 is 0 Å². The molecule has 1 aliphatic heterocycles. The van der Waals surface area contributed by atoms with Crippen molar-refractivity contribution < 1.29 is 21.5 Å². The minimum absolute atomic E-state index is 0.536. The summed E-state index contributed by atoms with van der Waals surface area (Å²) < 4.78 is 31.2. The third kappa shape index (κ3) is 7.59. The molecule has 0 aromatic rings. The fraction of sp³-hybridized carbons (Fsp3) is 1.00. The summed E-state index contributed by atoms with van der Waals surface area (Å²) in [7, 11) is -6.68. The highest BCUT2D eigenvalue weighted by atomic mass is 28.5. The minimum atomic E-state index is -2.38. The lowest BCUT2D eigenvalue weighted by molar-refractivity contribution is 0.256.